The number of likely N-dealkylation sites (tertiary alicyclic amines) is 1. The first-order valence-corrected chi connectivity index (χ1v) is 8.70. The van der Waals surface area contributed by atoms with Crippen molar-refractivity contribution in [3.63, 3.8) is 0 Å². The Kier molecular flexibility index (Phi) is 6.05. The number of hydrogen-bond acceptors (Lipinski definition) is 2. The molecule has 0 saturated carbocycles. The van der Waals surface area contributed by atoms with Gasteiger partial charge in [0.25, 0.3) is 0 Å². The summed E-state index contributed by atoms with van der Waals surface area (Å²) in [6.45, 7) is 8.20. The molecule has 0 radical (unpaired) electrons. The molecule has 0 bridgehead atoms. The van der Waals surface area contributed by atoms with E-state index in [9.17, 15) is 9.90 Å². The van der Waals surface area contributed by atoms with Crippen molar-refractivity contribution in [2.75, 3.05) is 19.7 Å². The van der Waals surface area contributed by atoms with Gasteiger partial charge in [-0.1, -0.05) is 51.1 Å². The number of carbonyl (C=O) groups excluding carboxylic acids is 1. The number of aliphatic hydroxyl groups excluding tert-OH is 1. The number of aliphatic hydroxyl groups is 1. The third-order valence-corrected chi connectivity index (χ3v) is 5.25. The van der Waals surface area contributed by atoms with Crippen LogP contribution in [0.25, 0.3) is 0 Å². The molecule has 1 aliphatic rings. The van der Waals surface area contributed by atoms with Crippen LogP contribution in [0.2, 0.25) is 0 Å². The first kappa shape index (κ1) is 17.8. The number of carbonyl (C=O) groups is 1. The minimum atomic E-state index is -0.116. The van der Waals surface area contributed by atoms with Crippen molar-refractivity contribution < 1.29 is 9.90 Å². The van der Waals surface area contributed by atoms with Crippen molar-refractivity contribution in [1.82, 2.24) is 10.2 Å². The third kappa shape index (κ3) is 4.25. The number of amides is 2. The summed E-state index contributed by atoms with van der Waals surface area (Å²) in [5.74, 6) is 0.349. The molecule has 2 amide bonds. The fourth-order valence-electron chi connectivity index (χ4n) is 3.42. The normalized spacial score (nSPS) is 17.8. The fraction of sp³-hybridized carbons (Fsp3) is 0.632. The summed E-state index contributed by atoms with van der Waals surface area (Å²) >= 11 is 0. The van der Waals surface area contributed by atoms with Gasteiger partial charge in [0.05, 0.1) is 0 Å². The molecule has 4 heteroatoms. The molecule has 4 nitrogen and oxygen atoms in total. The zero-order valence-corrected chi connectivity index (χ0v) is 14.6. The van der Waals surface area contributed by atoms with Crippen LogP contribution in [0.3, 0.4) is 0 Å². The van der Waals surface area contributed by atoms with Crippen molar-refractivity contribution in [2.45, 2.75) is 51.5 Å². The fourth-order valence-corrected chi connectivity index (χ4v) is 3.42. The molecule has 2 rings (SSSR count). The Hall–Kier alpha value is -1.55. The predicted octanol–water partition coefficient (Wildman–Crippen LogP) is 3.16. The van der Waals surface area contributed by atoms with Crippen LogP contribution in [0.15, 0.2) is 30.3 Å². The van der Waals surface area contributed by atoms with Gasteiger partial charge >= 0.3 is 6.03 Å². The van der Waals surface area contributed by atoms with Gasteiger partial charge in [-0.15, -0.1) is 0 Å². The number of nitrogens with zero attached hydrogens (tertiary/aromatic N) is 1. The lowest BCUT2D eigenvalue weighted by Crippen LogP contribution is -2.53. The number of urea groups is 1. The van der Waals surface area contributed by atoms with E-state index in [1.165, 1.54) is 5.56 Å². The molecule has 2 N–H and O–H groups in total. The predicted molar refractivity (Wildman–Crippen MR) is 93.5 cm³/mol. The molecule has 0 aliphatic carbocycles. The van der Waals surface area contributed by atoms with Gasteiger partial charge in [-0.3, -0.25) is 0 Å². The van der Waals surface area contributed by atoms with E-state index in [0.717, 1.165) is 32.4 Å². The summed E-state index contributed by atoms with van der Waals surface area (Å²) in [5.41, 5.74) is 1.13. The average molecular weight is 318 g/mol. The lowest BCUT2D eigenvalue weighted by molar-refractivity contribution is 0.133. The van der Waals surface area contributed by atoms with Crippen molar-refractivity contribution in [3.8, 4) is 0 Å². The van der Waals surface area contributed by atoms with Gasteiger partial charge in [-0.2, -0.15) is 0 Å². The lowest BCUT2D eigenvalue weighted by Gasteiger charge is -2.38. The Morgan fingerprint density at radius 3 is 2.43 bits per heavy atom. The van der Waals surface area contributed by atoms with Gasteiger partial charge in [0, 0.05) is 31.2 Å². The summed E-state index contributed by atoms with van der Waals surface area (Å²) in [7, 11) is 0. The molecule has 1 aliphatic heterocycles. The highest BCUT2D eigenvalue weighted by atomic mass is 16.3. The maximum atomic E-state index is 12.6. The van der Waals surface area contributed by atoms with Gasteiger partial charge in [-0.05, 0) is 30.7 Å². The largest absolute Gasteiger partial charge is 0.396 e. The molecule has 1 unspecified atom stereocenters. The highest BCUT2D eigenvalue weighted by Gasteiger charge is 2.33. The summed E-state index contributed by atoms with van der Waals surface area (Å²) in [5, 5.41) is 12.4. The zero-order valence-electron chi connectivity index (χ0n) is 14.6. The van der Waals surface area contributed by atoms with Crippen LogP contribution >= 0.6 is 0 Å². The molecular weight excluding hydrogens is 288 g/mol. The Morgan fingerprint density at radius 1 is 1.30 bits per heavy atom. The van der Waals surface area contributed by atoms with Crippen LogP contribution in [-0.2, 0) is 5.41 Å². The standard InChI is InChI=1S/C19H30N2O2/c1-4-17(19(2,3)16-8-6-5-7-9-16)20-18(23)21-12-10-15(14-22)11-13-21/h5-9,15,17,22H,4,10-14H2,1-3H3,(H,20,23). The molecule has 1 aromatic carbocycles. The van der Waals surface area contributed by atoms with E-state index in [-0.39, 0.29) is 24.1 Å². The first-order chi connectivity index (χ1) is 11.0. The molecule has 0 spiro atoms. The van der Waals surface area contributed by atoms with Crippen LogP contribution in [0, 0.1) is 5.92 Å². The van der Waals surface area contributed by atoms with Gasteiger partial charge < -0.3 is 15.3 Å². The van der Waals surface area contributed by atoms with Crippen molar-refractivity contribution >= 4 is 6.03 Å². The maximum Gasteiger partial charge on any atom is 0.317 e. The van der Waals surface area contributed by atoms with Gasteiger partial charge in [0.2, 0.25) is 0 Å². The maximum absolute atomic E-state index is 12.6. The number of rotatable bonds is 5. The SMILES string of the molecule is CCC(NC(=O)N1CCC(CO)CC1)C(C)(C)c1ccccc1. The topological polar surface area (TPSA) is 52.6 Å². The molecular formula is C19H30N2O2. The average Bonchev–Trinajstić information content (AvgIpc) is 2.60. The zero-order chi connectivity index (χ0) is 16.9. The highest BCUT2D eigenvalue weighted by Crippen LogP contribution is 2.29. The summed E-state index contributed by atoms with van der Waals surface area (Å²) in [6.07, 6.45) is 2.67. The van der Waals surface area contributed by atoms with E-state index in [1.807, 2.05) is 23.1 Å². The third-order valence-electron chi connectivity index (χ3n) is 5.25. The van der Waals surface area contributed by atoms with Gasteiger partial charge in [0.15, 0.2) is 0 Å². The monoisotopic (exact) mass is 318 g/mol. The number of nitrogens with one attached hydrogen (secondary N) is 1. The van der Waals surface area contributed by atoms with Crippen LogP contribution < -0.4 is 5.32 Å². The smallest absolute Gasteiger partial charge is 0.317 e. The van der Waals surface area contributed by atoms with E-state index >= 15 is 0 Å². The second kappa shape index (κ2) is 7.82. The Bertz CT molecular complexity index is 493. The van der Waals surface area contributed by atoms with Crippen molar-refractivity contribution in [3.05, 3.63) is 35.9 Å². The molecule has 1 atom stereocenters. The number of benzene rings is 1. The minimum absolute atomic E-state index is 0.0252. The van der Waals surface area contributed by atoms with E-state index in [2.05, 4.69) is 38.2 Å². The summed E-state index contributed by atoms with van der Waals surface area (Å²) in [4.78, 5) is 14.5. The van der Waals surface area contributed by atoms with Crippen LogP contribution in [0.5, 0.6) is 0 Å². The highest BCUT2D eigenvalue weighted by molar-refractivity contribution is 5.74. The molecule has 23 heavy (non-hydrogen) atoms. The molecule has 0 aromatic heterocycles. The molecule has 1 saturated heterocycles. The van der Waals surface area contributed by atoms with E-state index in [4.69, 9.17) is 0 Å². The van der Waals surface area contributed by atoms with Crippen LogP contribution in [-0.4, -0.2) is 41.8 Å². The second-order valence-electron chi connectivity index (χ2n) is 7.11. The molecule has 1 heterocycles. The van der Waals surface area contributed by atoms with Crippen LogP contribution in [0.1, 0.15) is 45.6 Å². The first-order valence-electron chi connectivity index (χ1n) is 8.70. The van der Waals surface area contributed by atoms with Crippen molar-refractivity contribution in [1.29, 1.82) is 0 Å². The second-order valence-corrected chi connectivity index (χ2v) is 7.11. The van der Waals surface area contributed by atoms with Crippen LogP contribution in [0.4, 0.5) is 4.79 Å². The van der Waals surface area contributed by atoms with Gasteiger partial charge in [0.1, 0.15) is 0 Å². The number of hydrogen-bond donors (Lipinski definition) is 2. The van der Waals surface area contributed by atoms with E-state index in [0.29, 0.717) is 5.92 Å². The minimum Gasteiger partial charge on any atom is -0.396 e. The van der Waals surface area contributed by atoms with Gasteiger partial charge in [-0.25, -0.2) is 4.79 Å². The molecule has 1 aromatic rings. The van der Waals surface area contributed by atoms with E-state index < -0.39 is 0 Å². The Labute approximate surface area is 139 Å². The summed E-state index contributed by atoms with van der Waals surface area (Å²) in [6, 6.07) is 10.5. The summed E-state index contributed by atoms with van der Waals surface area (Å²) < 4.78 is 0. The quantitative estimate of drug-likeness (QED) is 0.876. The number of piperidine rings is 1. The Balaban J connectivity index is 2.00. The van der Waals surface area contributed by atoms with Crippen molar-refractivity contribution in [2.24, 2.45) is 5.92 Å². The molecule has 1 fully saturated rings. The Morgan fingerprint density at radius 2 is 1.91 bits per heavy atom. The van der Waals surface area contributed by atoms with E-state index in [1.54, 1.807) is 0 Å². The molecule has 128 valence electrons. The lowest BCUT2D eigenvalue weighted by atomic mass is 9.76.